The number of nitrogens with one attached hydrogen (secondary N) is 1. The molecule has 1 rings (SSSR count). The molecule has 0 aliphatic carbocycles. The van der Waals surface area contributed by atoms with Gasteiger partial charge in [0.25, 0.3) is 10.2 Å². The third kappa shape index (κ3) is 4.40. The quantitative estimate of drug-likeness (QED) is 0.741. The third-order valence-corrected chi connectivity index (χ3v) is 5.91. The summed E-state index contributed by atoms with van der Waals surface area (Å²) in [5.74, 6) is 0. The second kappa shape index (κ2) is 6.94. The maximum atomic E-state index is 12.1. The lowest BCUT2D eigenvalue weighted by Gasteiger charge is -2.29. The van der Waals surface area contributed by atoms with E-state index in [0.717, 1.165) is 19.3 Å². The number of hydrogen-bond donors (Lipinski definition) is 2. The van der Waals surface area contributed by atoms with E-state index in [1.165, 1.54) is 16.1 Å². The smallest absolute Gasteiger partial charge is 0.279 e. The van der Waals surface area contributed by atoms with Crippen molar-refractivity contribution in [2.75, 3.05) is 26.0 Å². The minimum Gasteiger partial charge on any atom is -0.395 e. The fourth-order valence-corrected chi connectivity index (χ4v) is 4.16. The molecular weight excluding hydrogens is 260 g/mol. The molecule has 0 spiro atoms. The van der Waals surface area contributed by atoms with Crippen LogP contribution in [0.5, 0.6) is 0 Å². The van der Waals surface area contributed by atoms with Crippen LogP contribution in [0.3, 0.4) is 0 Å². The number of thioether (sulfide) groups is 1. The molecule has 1 aliphatic heterocycles. The van der Waals surface area contributed by atoms with Gasteiger partial charge >= 0.3 is 0 Å². The zero-order valence-electron chi connectivity index (χ0n) is 10.4. The second-order valence-corrected chi connectivity index (χ2v) is 7.11. The Morgan fingerprint density at radius 3 is 2.41 bits per heavy atom. The van der Waals surface area contributed by atoms with Gasteiger partial charge in [0, 0.05) is 24.4 Å². The summed E-state index contributed by atoms with van der Waals surface area (Å²) in [6, 6.07) is -0.262. The highest BCUT2D eigenvalue weighted by Gasteiger charge is 2.27. The molecule has 1 saturated heterocycles. The molecule has 0 amide bonds. The molecule has 0 aromatic heterocycles. The van der Waals surface area contributed by atoms with Crippen molar-refractivity contribution >= 4 is 22.0 Å². The van der Waals surface area contributed by atoms with Crippen LogP contribution in [0.1, 0.15) is 26.2 Å². The van der Waals surface area contributed by atoms with E-state index in [0.29, 0.717) is 13.1 Å². The van der Waals surface area contributed by atoms with Crippen LogP contribution in [0, 0.1) is 0 Å². The first kappa shape index (κ1) is 15.2. The number of hydrogen-bond acceptors (Lipinski definition) is 4. The van der Waals surface area contributed by atoms with Crippen molar-refractivity contribution in [1.82, 2.24) is 9.03 Å². The molecule has 2 unspecified atom stereocenters. The summed E-state index contributed by atoms with van der Waals surface area (Å²) in [6.45, 7) is 2.97. The number of nitrogens with zero attached hydrogens (tertiary/aromatic N) is 1. The average molecular weight is 282 g/mol. The van der Waals surface area contributed by atoms with E-state index in [1.807, 2.05) is 6.26 Å². The summed E-state index contributed by atoms with van der Waals surface area (Å²) in [5, 5.41) is 9.03. The molecule has 0 bridgehead atoms. The van der Waals surface area contributed by atoms with Gasteiger partial charge in [-0.1, -0.05) is 6.42 Å². The van der Waals surface area contributed by atoms with Gasteiger partial charge in [-0.15, -0.1) is 0 Å². The predicted octanol–water partition coefficient (Wildman–Crippen LogP) is 0.419. The zero-order chi connectivity index (χ0) is 12.9. The van der Waals surface area contributed by atoms with Crippen molar-refractivity contribution in [2.45, 2.75) is 37.5 Å². The average Bonchev–Trinajstić information content (AvgIpc) is 2.31. The van der Waals surface area contributed by atoms with Crippen LogP contribution in [0.4, 0.5) is 0 Å². The molecule has 2 N–H and O–H groups in total. The van der Waals surface area contributed by atoms with Crippen molar-refractivity contribution < 1.29 is 13.5 Å². The van der Waals surface area contributed by atoms with Crippen LogP contribution in [-0.4, -0.2) is 55.1 Å². The van der Waals surface area contributed by atoms with Crippen LogP contribution >= 0.6 is 11.8 Å². The normalized spacial score (nSPS) is 22.3. The Kier molecular flexibility index (Phi) is 6.22. The van der Waals surface area contributed by atoms with Gasteiger partial charge in [-0.2, -0.15) is 29.2 Å². The fraction of sp³-hybridized carbons (Fsp3) is 1.00. The van der Waals surface area contributed by atoms with Crippen molar-refractivity contribution in [3.05, 3.63) is 0 Å². The molecule has 0 aromatic carbocycles. The van der Waals surface area contributed by atoms with Gasteiger partial charge in [0.2, 0.25) is 0 Å². The van der Waals surface area contributed by atoms with Crippen molar-refractivity contribution in [1.29, 1.82) is 0 Å². The monoisotopic (exact) mass is 282 g/mol. The third-order valence-electron chi connectivity index (χ3n) is 3.03. The summed E-state index contributed by atoms with van der Waals surface area (Å²) in [6.07, 6.45) is 4.83. The lowest BCUT2D eigenvalue weighted by molar-refractivity contribution is 0.279. The molecule has 1 heterocycles. The molecule has 5 nitrogen and oxygen atoms in total. The van der Waals surface area contributed by atoms with Gasteiger partial charge < -0.3 is 5.11 Å². The molecule has 0 saturated carbocycles. The van der Waals surface area contributed by atoms with Crippen molar-refractivity contribution in [2.24, 2.45) is 0 Å². The molecule has 102 valence electrons. The molecule has 0 radical (unpaired) electrons. The number of rotatable bonds is 6. The first-order valence-electron chi connectivity index (χ1n) is 5.92. The minimum atomic E-state index is -3.39. The largest absolute Gasteiger partial charge is 0.395 e. The lowest BCUT2D eigenvalue weighted by Crippen LogP contribution is -2.49. The number of aliphatic hydroxyl groups excluding tert-OH is 1. The summed E-state index contributed by atoms with van der Waals surface area (Å²) >= 11 is 1.47. The van der Waals surface area contributed by atoms with Crippen LogP contribution in [0.2, 0.25) is 0 Å². The summed E-state index contributed by atoms with van der Waals surface area (Å²) in [7, 11) is -3.39. The molecule has 7 heteroatoms. The first-order chi connectivity index (χ1) is 8.01. The van der Waals surface area contributed by atoms with Gasteiger partial charge in [-0.25, -0.2) is 0 Å². The molecule has 0 aromatic rings. The molecule has 1 fully saturated rings. The van der Waals surface area contributed by atoms with E-state index >= 15 is 0 Å². The van der Waals surface area contributed by atoms with E-state index in [9.17, 15) is 8.42 Å². The summed E-state index contributed by atoms with van der Waals surface area (Å²) in [5.41, 5.74) is 0. The number of piperidine rings is 1. The van der Waals surface area contributed by atoms with E-state index in [4.69, 9.17) is 5.11 Å². The highest BCUT2D eigenvalue weighted by Crippen LogP contribution is 2.15. The topological polar surface area (TPSA) is 69.6 Å². The maximum absolute atomic E-state index is 12.1. The van der Waals surface area contributed by atoms with Crippen LogP contribution in [0.15, 0.2) is 0 Å². The Hall–Kier alpha value is 0.180. The van der Waals surface area contributed by atoms with Crippen LogP contribution < -0.4 is 4.72 Å². The van der Waals surface area contributed by atoms with Crippen LogP contribution in [0.25, 0.3) is 0 Å². The van der Waals surface area contributed by atoms with Gasteiger partial charge in [0.15, 0.2) is 0 Å². The molecule has 2 atom stereocenters. The van der Waals surface area contributed by atoms with E-state index in [2.05, 4.69) is 4.72 Å². The van der Waals surface area contributed by atoms with Gasteiger partial charge in [0.1, 0.15) is 0 Å². The minimum absolute atomic E-state index is 0.0230. The fourth-order valence-electron chi connectivity index (χ4n) is 1.93. The molecular formula is C10H22N2O3S2. The standard InChI is InChI=1S/C10H22N2O3S2/c1-9(10(8-13)16-2)11-17(14,15)12-6-4-3-5-7-12/h9-11,13H,3-8H2,1-2H3. The Labute approximate surface area is 108 Å². The first-order valence-corrected chi connectivity index (χ1v) is 8.65. The highest BCUT2D eigenvalue weighted by atomic mass is 32.2. The Balaban J connectivity index is 2.58. The van der Waals surface area contributed by atoms with Crippen molar-refractivity contribution in [3.8, 4) is 0 Å². The van der Waals surface area contributed by atoms with Gasteiger partial charge in [-0.05, 0) is 26.0 Å². The van der Waals surface area contributed by atoms with Gasteiger partial charge in [-0.3, -0.25) is 0 Å². The van der Waals surface area contributed by atoms with Gasteiger partial charge in [0.05, 0.1) is 6.61 Å². The Morgan fingerprint density at radius 1 is 1.35 bits per heavy atom. The highest BCUT2D eigenvalue weighted by molar-refractivity contribution is 7.99. The summed E-state index contributed by atoms with van der Waals surface area (Å²) < 4.78 is 28.3. The van der Waals surface area contributed by atoms with E-state index < -0.39 is 10.2 Å². The molecule has 17 heavy (non-hydrogen) atoms. The van der Waals surface area contributed by atoms with Crippen LogP contribution in [-0.2, 0) is 10.2 Å². The Bertz CT molecular complexity index is 312. The SMILES string of the molecule is CSC(CO)C(C)NS(=O)(=O)N1CCCCC1. The Morgan fingerprint density at radius 2 is 1.94 bits per heavy atom. The lowest BCUT2D eigenvalue weighted by atomic mass is 10.2. The van der Waals surface area contributed by atoms with Crippen molar-refractivity contribution in [3.63, 3.8) is 0 Å². The second-order valence-electron chi connectivity index (χ2n) is 4.33. The predicted molar refractivity (Wildman–Crippen MR) is 71.3 cm³/mol. The molecule has 1 aliphatic rings. The van der Waals surface area contributed by atoms with E-state index in [-0.39, 0.29) is 17.9 Å². The maximum Gasteiger partial charge on any atom is 0.279 e. The zero-order valence-corrected chi connectivity index (χ0v) is 12.1. The number of aliphatic hydroxyl groups is 1. The van der Waals surface area contributed by atoms with E-state index in [1.54, 1.807) is 6.92 Å². The summed E-state index contributed by atoms with van der Waals surface area (Å²) in [4.78, 5) is 0.